The first-order valence-corrected chi connectivity index (χ1v) is 9.57. The number of thiazole rings is 1. The summed E-state index contributed by atoms with van der Waals surface area (Å²) in [7, 11) is 0. The van der Waals surface area contributed by atoms with E-state index < -0.39 is 0 Å². The highest BCUT2D eigenvalue weighted by Crippen LogP contribution is 2.34. The van der Waals surface area contributed by atoms with E-state index in [0.29, 0.717) is 0 Å². The molecule has 0 aromatic carbocycles. The Morgan fingerprint density at radius 1 is 1.35 bits per heavy atom. The van der Waals surface area contributed by atoms with Crippen molar-refractivity contribution in [1.29, 1.82) is 0 Å². The SMILES string of the molecule is Cc1nc(/N=C2/NN(Br)CS2)sc1-c1ccnc(C(C)(C)C)n1. The van der Waals surface area contributed by atoms with Gasteiger partial charge in [0.2, 0.25) is 5.13 Å². The van der Waals surface area contributed by atoms with Crippen molar-refractivity contribution in [2.75, 3.05) is 5.88 Å². The lowest BCUT2D eigenvalue weighted by Crippen LogP contribution is -2.23. The van der Waals surface area contributed by atoms with Crippen LogP contribution in [0.5, 0.6) is 0 Å². The van der Waals surface area contributed by atoms with E-state index in [-0.39, 0.29) is 5.41 Å². The molecule has 122 valence electrons. The largest absolute Gasteiger partial charge is 0.287 e. The number of hydrogen-bond donors (Lipinski definition) is 1. The molecule has 2 aromatic rings. The average Bonchev–Trinajstić information content (AvgIpc) is 3.04. The van der Waals surface area contributed by atoms with Crippen molar-refractivity contribution in [2.24, 2.45) is 4.99 Å². The number of amidine groups is 1. The number of aliphatic imine (C=N–C) groups is 1. The lowest BCUT2D eigenvalue weighted by atomic mass is 9.95. The van der Waals surface area contributed by atoms with E-state index in [9.17, 15) is 0 Å². The molecule has 2 aromatic heterocycles. The molecule has 0 aliphatic carbocycles. The van der Waals surface area contributed by atoms with Crippen molar-refractivity contribution in [3.63, 3.8) is 0 Å². The Morgan fingerprint density at radius 2 is 2.13 bits per heavy atom. The molecule has 1 N–H and O–H groups in total. The van der Waals surface area contributed by atoms with Crippen LogP contribution in [-0.2, 0) is 5.41 Å². The zero-order chi connectivity index (χ0) is 16.6. The highest BCUT2D eigenvalue weighted by atomic mass is 79.9. The molecular weight excluding hydrogens is 396 g/mol. The molecule has 0 radical (unpaired) electrons. The fourth-order valence-corrected chi connectivity index (χ4v) is 4.13. The molecule has 23 heavy (non-hydrogen) atoms. The zero-order valence-electron chi connectivity index (χ0n) is 13.3. The van der Waals surface area contributed by atoms with E-state index in [0.717, 1.165) is 38.3 Å². The molecule has 1 saturated heterocycles. The predicted molar refractivity (Wildman–Crippen MR) is 100 cm³/mol. The fourth-order valence-electron chi connectivity index (χ4n) is 1.94. The van der Waals surface area contributed by atoms with Crippen molar-refractivity contribution in [1.82, 2.24) is 24.4 Å². The van der Waals surface area contributed by atoms with E-state index in [4.69, 9.17) is 4.98 Å². The maximum absolute atomic E-state index is 4.71. The third-order valence-electron chi connectivity index (χ3n) is 3.07. The number of hydrazine groups is 1. The van der Waals surface area contributed by atoms with E-state index in [1.807, 2.05) is 19.2 Å². The van der Waals surface area contributed by atoms with Crippen LogP contribution in [0.25, 0.3) is 10.6 Å². The molecule has 0 unspecified atom stereocenters. The van der Waals surface area contributed by atoms with Crippen LogP contribution >= 0.6 is 39.2 Å². The molecule has 3 heterocycles. The Labute approximate surface area is 152 Å². The van der Waals surface area contributed by atoms with Gasteiger partial charge in [0, 0.05) is 27.8 Å². The first-order valence-electron chi connectivity index (χ1n) is 7.06. The molecule has 3 rings (SSSR count). The molecule has 6 nitrogen and oxygen atoms in total. The number of thioether (sulfide) groups is 1. The van der Waals surface area contributed by atoms with Crippen LogP contribution < -0.4 is 5.43 Å². The molecule has 1 aliphatic heterocycles. The van der Waals surface area contributed by atoms with Gasteiger partial charge in [-0.25, -0.2) is 15.0 Å². The topological polar surface area (TPSA) is 66.3 Å². The molecule has 0 saturated carbocycles. The van der Waals surface area contributed by atoms with Crippen molar-refractivity contribution in [2.45, 2.75) is 33.1 Å². The van der Waals surface area contributed by atoms with Gasteiger partial charge in [0.25, 0.3) is 0 Å². The number of nitrogens with zero attached hydrogens (tertiary/aromatic N) is 5. The first-order chi connectivity index (χ1) is 10.8. The number of halogens is 1. The Morgan fingerprint density at radius 3 is 2.78 bits per heavy atom. The minimum Gasteiger partial charge on any atom is -0.287 e. The van der Waals surface area contributed by atoms with Crippen LogP contribution in [0.3, 0.4) is 0 Å². The lowest BCUT2D eigenvalue weighted by Gasteiger charge is -2.16. The summed E-state index contributed by atoms with van der Waals surface area (Å²) >= 11 is 6.53. The Balaban J connectivity index is 1.93. The number of aromatic nitrogens is 3. The van der Waals surface area contributed by atoms with E-state index >= 15 is 0 Å². The third-order valence-corrected chi connectivity index (χ3v) is 5.75. The predicted octanol–water partition coefficient (Wildman–Crippen LogP) is 4.01. The van der Waals surface area contributed by atoms with Gasteiger partial charge in [-0.3, -0.25) is 5.43 Å². The molecule has 0 amide bonds. The van der Waals surface area contributed by atoms with Crippen LogP contribution in [0.1, 0.15) is 32.3 Å². The van der Waals surface area contributed by atoms with Gasteiger partial charge < -0.3 is 0 Å². The maximum atomic E-state index is 4.71. The lowest BCUT2D eigenvalue weighted by molar-refractivity contribution is 0.539. The summed E-state index contributed by atoms with van der Waals surface area (Å²) in [4.78, 5) is 19.2. The standard InChI is InChI=1S/C14H17BrN6S2/c1-8-10(9-5-6-16-11(18-9)14(2,3)4)23-12(17-8)19-13-20-21(15)7-22-13/h5-6H,7H2,1-4H3,(H,17,19,20). The van der Waals surface area contributed by atoms with Crippen LogP contribution in [0.2, 0.25) is 0 Å². The number of rotatable bonds is 2. The van der Waals surface area contributed by atoms with Crippen molar-refractivity contribution < 1.29 is 0 Å². The molecule has 0 spiro atoms. The molecule has 9 heteroatoms. The van der Waals surface area contributed by atoms with Crippen LogP contribution in [-0.4, -0.2) is 30.0 Å². The van der Waals surface area contributed by atoms with Gasteiger partial charge in [0.1, 0.15) is 5.82 Å². The summed E-state index contributed by atoms with van der Waals surface area (Å²) in [5, 5.41) is 1.56. The van der Waals surface area contributed by atoms with Crippen molar-refractivity contribution in [3.8, 4) is 10.6 Å². The Bertz CT molecular complexity index is 752. The molecule has 0 bridgehead atoms. The van der Waals surface area contributed by atoms with Crippen LogP contribution in [0, 0.1) is 6.92 Å². The van der Waals surface area contributed by atoms with Crippen LogP contribution in [0.15, 0.2) is 17.3 Å². The van der Waals surface area contributed by atoms with E-state index in [2.05, 4.69) is 57.3 Å². The smallest absolute Gasteiger partial charge is 0.212 e. The van der Waals surface area contributed by atoms with Gasteiger partial charge in [0.15, 0.2) is 5.17 Å². The highest BCUT2D eigenvalue weighted by Gasteiger charge is 2.20. The maximum Gasteiger partial charge on any atom is 0.212 e. The summed E-state index contributed by atoms with van der Waals surface area (Å²) < 4.78 is 1.80. The second-order valence-electron chi connectivity index (χ2n) is 6.09. The van der Waals surface area contributed by atoms with Crippen molar-refractivity contribution in [3.05, 3.63) is 23.8 Å². The number of aryl methyl sites for hydroxylation is 1. The van der Waals surface area contributed by atoms with Gasteiger partial charge in [-0.15, -0.1) is 4.03 Å². The van der Waals surface area contributed by atoms with Gasteiger partial charge >= 0.3 is 0 Å². The first kappa shape index (κ1) is 16.8. The van der Waals surface area contributed by atoms with Gasteiger partial charge in [-0.05, 0) is 13.0 Å². The average molecular weight is 413 g/mol. The van der Waals surface area contributed by atoms with E-state index in [1.54, 1.807) is 27.1 Å². The summed E-state index contributed by atoms with van der Waals surface area (Å²) in [6.07, 6.45) is 1.81. The molecule has 1 fully saturated rings. The fraction of sp³-hybridized carbons (Fsp3) is 0.429. The quantitative estimate of drug-likeness (QED) is 0.751. The highest BCUT2D eigenvalue weighted by molar-refractivity contribution is 9.07. The summed E-state index contributed by atoms with van der Waals surface area (Å²) in [6.45, 7) is 8.31. The minimum atomic E-state index is -0.0819. The van der Waals surface area contributed by atoms with E-state index in [1.165, 1.54) is 0 Å². The normalized spacial score (nSPS) is 17.7. The number of hydrogen-bond acceptors (Lipinski definition) is 7. The van der Waals surface area contributed by atoms with Crippen molar-refractivity contribution >= 4 is 49.5 Å². The van der Waals surface area contributed by atoms with Gasteiger partial charge in [-0.1, -0.05) is 43.9 Å². The molecule has 0 atom stereocenters. The molecular formula is C14H17BrN6S2. The van der Waals surface area contributed by atoms with Gasteiger partial charge in [-0.2, -0.15) is 4.99 Å². The second kappa shape index (κ2) is 6.46. The Kier molecular flexibility index (Phi) is 4.73. The monoisotopic (exact) mass is 412 g/mol. The third kappa shape index (κ3) is 3.90. The summed E-state index contributed by atoms with van der Waals surface area (Å²) in [6, 6.07) is 1.93. The number of nitrogens with one attached hydrogen (secondary N) is 1. The Hall–Kier alpha value is -1.03. The minimum absolute atomic E-state index is 0.0819. The molecule has 1 aliphatic rings. The summed E-state index contributed by atoms with van der Waals surface area (Å²) in [5.74, 6) is 1.63. The van der Waals surface area contributed by atoms with Crippen LogP contribution in [0.4, 0.5) is 5.13 Å². The van der Waals surface area contributed by atoms with Gasteiger partial charge in [0.05, 0.1) is 22.1 Å². The summed E-state index contributed by atoms with van der Waals surface area (Å²) in [5.41, 5.74) is 4.86. The second-order valence-corrected chi connectivity index (χ2v) is 8.86. The zero-order valence-corrected chi connectivity index (χ0v) is 16.5.